The number of likely N-dealkylation sites (tertiary alicyclic amines) is 1. The van der Waals surface area contributed by atoms with Gasteiger partial charge in [0.15, 0.2) is 6.10 Å². The lowest BCUT2D eigenvalue weighted by Gasteiger charge is -2.32. The molecule has 0 saturated carbocycles. The summed E-state index contributed by atoms with van der Waals surface area (Å²) < 4.78 is 5.80. The van der Waals surface area contributed by atoms with Crippen molar-refractivity contribution in [3.05, 3.63) is 28.8 Å². The Morgan fingerprint density at radius 3 is 2.71 bits per heavy atom. The summed E-state index contributed by atoms with van der Waals surface area (Å²) in [5, 5.41) is 0.744. The van der Waals surface area contributed by atoms with Crippen LogP contribution in [0.15, 0.2) is 18.2 Å². The topological polar surface area (TPSA) is 29.5 Å². The number of hydrogen-bond donors (Lipinski definition) is 0. The van der Waals surface area contributed by atoms with Crippen molar-refractivity contribution in [2.24, 2.45) is 5.92 Å². The van der Waals surface area contributed by atoms with Gasteiger partial charge in [-0.1, -0.05) is 25.4 Å². The molecule has 1 saturated heterocycles. The van der Waals surface area contributed by atoms with Crippen LogP contribution in [0.4, 0.5) is 0 Å². The van der Waals surface area contributed by atoms with E-state index in [0.29, 0.717) is 11.7 Å². The quantitative estimate of drug-likeness (QED) is 0.843. The van der Waals surface area contributed by atoms with Crippen molar-refractivity contribution in [1.82, 2.24) is 4.90 Å². The molecule has 1 atom stereocenters. The number of hydrogen-bond acceptors (Lipinski definition) is 2. The fourth-order valence-electron chi connectivity index (χ4n) is 2.64. The van der Waals surface area contributed by atoms with Gasteiger partial charge in [0.1, 0.15) is 5.75 Å². The first-order valence-electron chi connectivity index (χ1n) is 7.75. The number of ether oxygens (including phenoxy) is 1. The molecule has 1 heterocycles. The van der Waals surface area contributed by atoms with Crippen molar-refractivity contribution >= 4 is 17.5 Å². The molecular weight excluding hydrogens is 286 g/mol. The van der Waals surface area contributed by atoms with Crippen LogP contribution in [0.25, 0.3) is 0 Å². The molecule has 1 amide bonds. The van der Waals surface area contributed by atoms with Crippen LogP contribution in [0.5, 0.6) is 5.75 Å². The lowest BCUT2D eigenvalue weighted by molar-refractivity contribution is -0.139. The molecule has 0 aromatic heterocycles. The molecule has 116 valence electrons. The zero-order chi connectivity index (χ0) is 15.4. The van der Waals surface area contributed by atoms with Gasteiger partial charge in [-0.25, -0.2) is 0 Å². The van der Waals surface area contributed by atoms with Crippen LogP contribution in [-0.4, -0.2) is 30.0 Å². The van der Waals surface area contributed by atoms with E-state index in [0.717, 1.165) is 42.9 Å². The van der Waals surface area contributed by atoms with Crippen LogP contribution in [-0.2, 0) is 11.2 Å². The van der Waals surface area contributed by atoms with E-state index in [-0.39, 0.29) is 5.91 Å². The van der Waals surface area contributed by atoms with Gasteiger partial charge in [0.2, 0.25) is 0 Å². The Kier molecular flexibility index (Phi) is 5.51. The third-order valence-corrected chi connectivity index (χ3v) is 4.52. The highest BCUT2D eigenvalue weighted by Gasteiger charge is 2.25. The summed E-state index contributed by atoms with van der Waals surface area (Å²) >= 11 is 6.10. The molecule has 1 aliphatic heterocycles. The fraction of sp³-hybridized carbons (Fsp3) is 0.588. The van der Waals surface area contributed by atoms with Crippen molar-refractivity contribution in [2.45, 2.75) is 46.1 Å². The highest BCUT2D eigenvalue weighted by molar-refractivity contribution is 6.31. The highest BCUT2D eigenvalue weighted by Crippen LogP contribution is 2.24. The Balaban J connectivity index is 1.97. The number of halogens is 1. The molecule has 1 fully saturated rings. The van der Waals surface area contributed by atoms with Gasteiger partial charge in [-0.05, 0) is 55.9 Å². The summed E-state index contributed by atoms with van der Waals surface area (Å²) in [5.74, 6) is 1.51. The van der Waals surface area contributed by atoms with Crippen LogP contribution in [0, 0.1) is 5.92 Å². The van der Waals surface area contributed by atoms with E-state index in [1.54, 1.807) is 0 Å². The van der Waals surface area contributed by atoms with Crippen LogP contribution in [0.3, 0.4) is 0 Å². The zero-order valence-electron chi connectivity index (χ0n) is 13.1. The second kappa shape index (κ2) is 7.17. The average Bonchev–Trinajstić information content (AvgIpc) is 2.49. The van der Waals surface area contributed by atoms with E-state index in [1.165, 1.54) is 0 Å². The third-order valence-electron chi connectivity index (χ3n) is 4.15. The van der Waals surface area contributed by atoms with E-state index in [9.17, 15) is 4.79 Å². The van der Waals surface area contributed by atoms with Crippen molar-refractivity contribution in [2.75, 3.05) is 13.1 Å². The molecule has 0 spiro atoms. The van der Waals surface area contributed by atoms with Gasteiger partial charge in [0, 0.05) is 18.1 Å². The van der Waals surface area contributed by atoms with E-state index in [1.807, 2.05) is 30.0 Å². The molecular formula is C17H24ClNO2. The maximum Gasteiger partial charge on any atom is 0.263 e. The molecule has 1 aromatic carbocycles. The minimum Gasteiger partial charge on any atom is -0.481 e. The molecule has 1 aromatic rings. The number of carbonyl (C=O) groups is 1. The summed E-state index contributed by atoms with van der Waals surface area (Å²) in [7, 11) is 0. The van der Waals surface area contributed by atoms with Crippen LogP contribution < -0.4 is 4.74 Å². The Morgan fingerprint density at radius 1 is 1.43 bits per heavy atom. The second-order valence-corrected chi connectivity index (χ2v) is 6.28. The third kappa shape index (κ3) is 4.13. The first-order valence-corrected chi connectivity index (χ1v) is 8.13. The smallest absolute Gasteiger partial charge is 0.263 e. The Hall–Kier alpha value is -1.22. The van der Waals surface area contributed by atoms with Gasteiger partial charge in [-0.15, -0.1) is 0 Å². The molecule has 3 nitrogen and oxygen atoms in total. The SMILES string of the molecule is CCc1cc(OC(C)C(=O)N2CCC(C)CC2)ccc1Cl. The number of aryl methyl sites for hydroxylation is 1. The minimum absolute atomic E-state index is 0.0786. The molecule has 0 bridgehead atoms. The fourth-order valence-corrected chi connectivity index (χ4v) is 2.89. The molecule has 0 radical (unpaired) electrons. The number of benzene rings is 1. The summed E-state index contributed by atoms with van der Waals surface area (Å²) in [6.45, 7) is 7.79. The van der Waals surface area contributed by atoms with Crippen molar-refractivity contribution in [3.63, 3.8) is 0 Å². The second-order valence-electron chi connectivity index (χ2n) is 5.87. The molecule has 1 aliphatic rings. The van der Waals surface area contributed by atoms with Crippen molar-refractivity contribution in [3.8, 4) is 5.75 Å². The normalized spacial score (nSPS) is 17.6. The van der Waals surface area contributed by atoms with E-state index in [4.69, 9.17) is 16.3 Å². The monoisotopic (exact) mass is 309 g/mol. The summed E-state index contributed by atoms with van der Waals surface area (Å²) in [6, 6.07) is 5.57. The van der Waals surface area contributed by atoms with Gasteiger partial charge in [0.25, 0.3) is 5.91 Å². The van der Waals surface area contributed by atoms with Gasteiger partial charge >= 0.3 is 0 Å². The van der Waals surface area contributed by atoms with Gasteiger partial charge in [-0.3, -0.25) is 4.79 Å². The molecule has 21 heavy (non-hydrogen) atoms. The van der Waals surface area contributed by atoms with Crippen LogP contribution >= 0.6 is 11.6 Å². The maximum atomic E-state index is 12.4. The first kappa shape index (κ1) is 16.2. The van der Waals surface area contributed by atoms with Crippen LogP contribution in [0.1, 0.15) is 39.2 Å². The van der Waals surface area contributed by atoms with Crippen molar-refractivity contribution < 1.29 is 9.53 Å². The number of rotatable bonds is 4. The molecule has 2 rings (SSSR count). The Bertz CT molecular complexity index is 496. The van der Waals surface area contributed by atoms with Crippen molar-refractivity contribution in [1.29, 1.82) is 0 Å². The molecule has 0 aliphatic carbocycles. The standard InChI is InChI=1S/C17H24ClNO2/c1-4-14-11-15(5-6-16(14)18)21-13(3)17(20)19-9-7-12(2)8-10-19/h5-6,11-13H,4,7-10H2,1-3H3. The van der Waals surface area contributed by atoms with Crippen LogP contribution in [0.2, 0.25) is 5.02 Å². The Labute approximate surface area is 132 Å². The molecule has 0 N–H and O–H groups in total. The lowest BCUT2D eigenvalue weighted by Crippen LogP contribution is -2.44. The van der Waals surface area contributed by atoms with E-state index >= 15 is 0 Å². The number of piperidine rings is 1. The number of nitrogens with zero attached hydrogens (tertiary/aromatic N) is 1. The van der Waals surface area contributed by atoms with Gasteiger partial charge < -0.3 is 9.64 Å². The first-order chi connectivity index (χ1) is 10.0. The Morgan fingerprint density at radius 2 is 2.10 bits per heavy atom. The number of carbonyl (C=O) groups excluding carboxylic acids is 1. The summed E-state index contributed by atoms with van der Waals surface area (Å²) in [6.07, 6.45) is 2.56. The lowest BCUT2D eigenvalue weighted by atomic mass is 9.99. The highest BCUT2D eigenvalue weighted by atomic mass is 35.5. The van der Waals surface area contributed by atoms with Gasteiger partial charge in [-0.2, -0.15) is 0 Å². The predicted molar refractivity (Wildman–Crippen MR) is 85.9 cm³/mol. The van der Waals surface area contributed by atoms with E-state index < -0.39 is 6.10 Å². The summed E-state index contributed by atoms with van der Waals surface area (Å²) in [5.41, 5.74) is 1.04. The maximum absolute atomic E-state index is 12.4. The molecule has 4 heteroatoms. The largest absolute Gasteiger partial charge is 0.481 e. The van der Waals surface area contributed by atoms with E-state index in [2.05, 4.69) is 13.8 Å². The number of amides is 1. The zero-order valence-corrected chi connectivity index (χ0v) is 13.8. The summed E-state index contributed by atoms with van der Waals surface area (Å²) in [4.78, 5) is 14.3. The molecule has 1 unspecified atom stereocenters. The minimum atomic E-state index is -0.454. The van der Waals surface area contributed by atoms with Gasteiger partial charge in [0.05, 0.1) is 0 Å². The predicted octanol–water partition coefficient (Wildman–Crippen LogP) is 3.93. The average molecular weight is 310 g/mol.